The number of hydrogen-bond acceptors (Lipinski definition) is 5. The van der Waals surface area contributed by atoms with Gasteiger partial charge >= 0.3 is 0 Å². The lowest BCUT2D eigenvalue weighted by atomic mass is 9.86. The molecule has 27 heavy (non-hydrogen) atoms. The van der Waals surface area contributed by atoms with Gasteiger partial charge in [-0.3, -0.25) is 4.79 Å². The van der Waals surface area contributed by atoms with Gasteiger partial charge in [-0.2, -0.15) is 14.3 Å². The van der Waals surface area contributed by atoms with E-state index in [9.17, 15) is 9.18 Å². The third-order valence-corrected chi connectivity index (χ3v) is 4.72. The Hall–Kier alpha value is -3.62. The van der Waals surface area contributed by atoms with Crippen molar-refractivity contribution in [2.24, 2.45) is 0 Å². The van der Waals surface area contributed by atoms with Crippen LogP contribution in [0, 0.1) is 12.7 Å². The number of aromatic nitrogens is 6. The number of carbonyl (C=O) groups excluding carboxylic acids is 1. The van der Waals surface area contributed by atoms with Crippen LogP contribution >= 0.6 is 0 Å². The van der Waals surface area contributed by atoms with Crippen LogP contribution < -0.4 is 5.32 Å². The summed E-state index contributed by atoms with van der Waals surface area (Å²) in [6.07, 6.45) is 1.73. The minimum absolute atomic E-state index is 0.150. The molecule has 1 amide bonds. The van der Waals surface area contributed by atoms with Crippen molar-refractivity contribution in [3.8, 4) is 5.82 Å². The molecule has 3 aromatic heterocycles. The van der Waals surface area contributed by atoms with E-state index >= 15 is 0 Å². The van der Waals surface area contributed by atoms with Crippen LogP contribution in [-0.4, -0.2) is 35.5 Å². The van der Waals surface area contributed by atoms with Crippen molar-refractivity contribution in [2.45, 2.75) is 19.3 Å². The molecule has 9 heteroatoms. The first-order valence-electron chi connectivity index (χ1n) is 8.42. The van der Waals surface area contributed by atoms with Gasteiger partial charge in [0.05, 0.1) is 5.69 Å². The third kappa shape index (κ3) is 2.47. The maximum atomic E-state index is 13.7. The summed E-state index contributed by atoms with van der Waals surface area (Å²) in [5, 5.41) is 19.7. The van der Waals surface area contributed by atoms with E-state index < -0.39 is 0 Å². The number of anilines is 1. The molecule has 0 spiro atoms. The van der Waals surface area contributed by atoms with E-state index in [1.807, 2.05) is 13.0 Å². The quantitative estimate of drug-likeness (QED) is 0.590. The minimum Gasteiger partial charge on any atom is -0.310 e. The number of aryl methyl sites for hydroxylation is 1. The zero-order valence-electron chi connectivity index (χ0n) is 14.3. The molecule has 5 rings (SSSR count). The zero-order valence-corrected chi connectivity index (χ0v) is 14.3. The number of hydrogen-bond donors (Lipinski definition) is 1. The molecular formula is C18H14FN7O. The van der Waals surface area contributed by atoms with Crippen molar-refractivity contribution in [1.82, 2.24) is 29.6 Å². The molecule has 1 aromatic carbocycles. The maximum Gasteiger partial charge on any atom is 0.226 e. The first-order chi connectivity index (χ1) is 13.1. The molecule has 4 heterocycles. The molecule has 1 unspecified atom stereocenters. The minimum atomic E-state index is -0.329. The number of nitrogens with zero attached hydrogens (tertiary/aromatic N) is 6. The molecule has 1 aliphatic rings. The largest absolute Gasteiger partial charge is 0.310 e. The lowest BCUT2D eigenvalue weighted by molar-refractivity contribution is -0.116. The number of rotatable bonds is 2. The molecule has 0 saturated carbocycles. The summed E-state index contributed by atoms with van der Waals surface area (Å²) in [6, 6.07) is 9.86. The molecular weight excluding hydrogens is 349 g/mol. The first kappa shape index (κ1) is 15.6. The molecule has 1 atom stereocenters. The molecule has 0 radical (unpaired) electrons. The molecule has 0 aliphatic carbocycles. The van der Waals surface area contributed by atoms with Crippen molar-refractivity contribution in [3.63, 3.8) is 0 Å². The van der Waals surface area contributed by atoms with Gasteiger partial charge in [0.25, 0.3) is 0 Å². The van der Waals surface area contributed by atoms with Gasteiger partial charge in [-0.05, 0) is 36.8 Å². The van der Waals surface area contributed by atoms with Gasteiger partial charge in [0, 0.05) is 17.9 Å². The lowest BCUT2D eigenvalue weighted by Gasteiger charge is -2.24. The van der Waals surface area contributed by atoms with Gasteiger partial charge in [0.1, 0.15) is 18.0 Å². The molecule has 1 aliphatic heterocycles. The highest BCUT2D eigenvalue weighted by molar-refractivity contribution is 5.95. The molecule has 134 valence electrons. The van der Waals surface area contributed by atoms with Crippen LogP contribution in [-0.2, 0) is 4.79 Å². The Morgan fingerprint density at radius 1 is 1.22 bits per heavy atom. The molecule has 0 saturated heterocycles. The van der Waals surface area contributed by atoms with E-state index in [-0.39, 0.29) is 24.1 Å². The monoisotopic (exact) mass is 363 g/mol. The normalized spacial score (nSPS) is 16.4. The number of benzene rings is 1. The number of fused-ring (bicyclic) bond motifs is 2. The number of nitrogens with one attached hydrogen (secondary N) is 1. The van der Waals surface area contributed by atoms with Crippen LogP contribution in [0.4, 0.5) is 10.2 Å². The Labute approximate surface area is 152 Å². The highest BCUT2D eigenvalue weighted by atomic mass is 19.1. The molecule has 4 aromatic rings. The SMILES string of the molecule is Cc1nn(-c2ccc3nncn3n2)c2c1C(c1cccc(F)c1)CC(=O)N2. The molecule has 8 nitrogen and oxygen atoms in total. The Morgan fingerprint density at radius 3 is 2.96 bits per heavy atom. The predicted molar refractivity (Wildman–Crippen MR) is 94.1 cm³/mol. The standard InChI is InChI=1S/C18H14FN7O/c1-10-17-13(11-3-2-4-12(19)7-11)8-16(27)21-18(17)26(23-10)15-6-5-14-22-20-9-25(14)24-15/h2-7,9,13H,8H2,1H3,(H,21,27). The highest BCUT2D eigenvalue weighted by Crippen LogP contribution is 2.40. The van der Waals surface area contributed by atoms with E-state index in [1.54, 1.807) is 22.9 Å². The third-order valence-electron chi connectivity index (χ3n) is 4.72. The van der Waals surface area contributed by atoms with E-state index in [2.05, 4.69) is 25.7 Å². The second-order valence-electron chi connectivity index (χ2n) is 6.44. The maximum absolute atomic E-state index is 13.7. The van der Waals surface area contributed by atoms with Crippen molar-refractivity contribution >= 4 is 17.4 Å². The summed E-state index contributed by atoms with van der Waals surface area (Å²) in [7, 11) is 0. The summed E-state index contributed by atoms with van der Waals surface area (Å²) >= 11 is 0. The summed E-state index contributed by atoms with van der Waals surface area (Å²) < 4.78 is 16.9. The van der Waals surface area contributed by atoms with E-state index in [0.29, 0.717) is 17.3 Å². The van der Waals surface area contributed by atoms with Gasteiger partial charge in [0.15, 0.2) is 11.5 Å². The van der Waals surface area contributed by atoms with Crippen molar-refractivity contribution in [2.75, 3.05) is 5.32 Å². The highest BCUT2D eigenvalue weighted by Gasteiger charge is 2.33. The molecule has 0 fully saturated rings. The van der Waals surface area contributed by atoms with Crippen LogP contribution in [0.3, 0.4) is 0 Å². The average Bonchev–Trinajstić information content (AvgIpc) is 3.25. The van der Waals surface area contributed by atoms with E-state index in [4.69, 9.17) is 0 Å². The smallest absolute Gasteiger partial charge is 0.226 e. The second-order valence-corrected chi connectivity index (χ2v) is 6.44. The summed E-state index contributed by atoms with van der Waals surface area (Å²) in [5.74, 6) is 0.328. The Balaban J connectivity index is 1.68. The Morgan fingerprint density at radius 2 is 2.11 bits per heavy atom. The van der Waals surface area contributed by atoms with Crippen LogP contribution in [0.5, 0.6) is 0 Å². The van der Waals surface area contributed by atoms with Crippen molar-refractivity contribution in [1.29, 1.82) is 0 Å². The topological polar surface area (TPSA) is 90.0 Å². The predicted octanol–water partition coefficient (Wildman–Crippen LogP) is 2.23. The van der Waals surface area contributed by atoms with E-state index in [1.165, 1.54) is 23.0 Å². The Bertz CT molecular complexity index is 1200. The number of halogens is 1. The van der Waals surface area contributed by atoms with Crippen molar-refractivity contribution < 1.29 is 9.18 Å². The van der Waals surface area contributed by atoms with Gasteiger partial charge in [-0.15, -0.1) is 15.3 Å². The van der Waals surface area contributed by atoms with Crippen LogP contribution in [0.25, 0.3) is 11.5 Å². The molecule has 0 bridgehead atoms. The summed E-state index contributed by atoms with van der Waals surface area (Å²) in [4.78, 5) is 12.4. The Kier molecular flexibility index (Phi) is 3.30. The number of carbonyl (C=O) groups is 1. The number of amides is 1. The summed E-state index contributed by atoms with van der Waals surface area (Å²) in [5.41, 5.74) is 2.98. The van der Waals surface area contributed by atoms with Gasteiger partial charge in [-0.25, -0.2) is 4.39 Å². The summed E-state index contributed by atoms with van der Waals surface area (Å²) in [6.45, 7) is 1.87. The van der Waals surface area contributed by atoms with Gasteiger partial charge in [-0.1, -0.05) is 12.1 Å². The first-order valence-corrected chi connectivity index (χ1v) is 8.42. The fourth-order valence-electron chi connectivity index (χ4n) is 3.55. The van der Waals surface area contributed by atoms with E-state index in [0.717, 1.165) is 16.8 Å². The van der Waals surface area contributed by atoms with Crippen molar-refractivity contribution in [3.05, 3.63) is 65.4 Å². The van der Waals surface area contributed by atoms with Gasteiger partial charge in [0.2, 0.25) is 5.91 Å². The lowest BCUT2D eigenvalue weighted by Crippen LogP contribution is -2.25. The second kappa shape index (κ2) is 5.70. The van der Waals surface area contributed by atoms with Crippen LogP contribution in [0.15, 0.2) is 42.7 Å². The fraction of sp³-hybridized carbons (Fsp3) is 0.167. The zero-order chi connectivity index (χ0) is 18.5. The van der Waals surface area contributed by atoms with Crippen LogP contribution in [0.2, 0.25) is 0 Å². The van der Waals surface area contributed by atoms with Crippen LogP contribution in [0.1, 0.15) is 29.2 Å². The van der Waals surface area contributed by atoms with Gasteiger partial charge < -0.3 is 5.32 Å². The average molecular weight is 363 g/mol. The molecule has 1 N–H and O–H groups in total. The fourth-order valence-corrected chi connectivity index (χ4v) is 3.55.